The van der Waals surface area contributed by atoms with E-state index in [2.05, 4.69) is 43.4 Å². The molecule has 4 nitrogen and oxygen atoms in total. The number of aliphatic hydroxyl groups is 2. The second-order valence-electron chi connectivity index (χ2n) is 6.10. The fraction of sp³-hybridized carbons (Fsp3) is 0.650. The zero-order valence-electron chi connectivity index (χ0n) is 15.0. The molecule has 0 fully saturated rings. The fourth-order valence-corrected chi connectivity index (χ4v) is 2.21. The Bertz CT molecular complexity index is 394. The summed E-state index contributed by atoms with van der Waals surface area (Å²) in [6.07, 6.45) is 23.0. The second-order valence-corrected chi connectivity index (χ2v) is 6.10. The monoisotopic (exact) mass is 338 g/mol. The molecule has 3 N–H and O–H groups in total. The fourth-order valence-electron chi connectivity index (χ4n) is 2.21. The molecule has 0 rings (SSSR count). The second kappa shape index (κ2) is 15.2. The predicted octanol–water partition coefficient (Wildman–Crippen LogP) is 4.73. The lowest BCUT2D eigenvalue weighted by Crippen LogP contribution is -2.37. The van der Waals surface area contributed by atoms with Crippen LogP contribution < -0.4 is 0 Å². The lowest BCUT2D eigenvalue weighted by Gasteiger charge is -2.15. The molecule has 0 heterocycles. The Morgan fingerprint density at radius 1 is 0.792 bits per heavy atom. The van der Waals surface area contributed by atoms with Crippen molar-refractivity contribution in [1.82, 2.24) is 0 Å². The van der Waals surface area contributed by atoms with Crippen LogP contribution in [0.1, 0.15) is 77.6 Å². The first-order valence-electron chi connectivity index (χ1n) is 9.14. The lowest BCUT2D eigenvalue weighted by atomic mass is 10.1. The van der Waals surface area contributed by atoms with E-state index in [1.165, 1.54) is 25.7 Å². The molecule has 0 bridgehead atoms. The van der Waals surface area contributed by atoms with Crippen LogP contribution in [-0.2, 0) is 4.79 Å². The average molecular weight is 338 g/mol. The maximum absolute atomic E-state index is 10.5. The number of aliphatic carboxylic acids is 1. The maximum atomic E-state index is 10.5. The van der Waals surface area contributed by atoms with E-state index < -0.39 is 11.8 Å². The SMILES string of the molecule is CCCCCC=CCC=CCC=CCCCCCC(O)(O)C(=O)O. The van der Waals surface area contributed by atoms with Gasteiger partial charge in [-0.25, -0.2) is 4.79 Å². The van der Waals surface area contributed by atoms with E-state index in [-0.39, 0.29) is 6.42 Å². The first kappa shape index (κ1) is 22.6. The number of unbranched alkanes of at least 4 members (excludes halogenated alkanes) is 6. The third-order valence-electron chi connectivity index (χ3n) is 3.76. The summed E-state index contributed by atoms with van der Waals surface area (Å²) < 4.78 is 0. The molecule has 0 aromatic heterocycles. The lowest BCUT2D eigenvalue weighted by molar-refractivity contribution is -0.205. The smallest absolute Gasteiger partial charge is 0.364 e. The molecule has 138 valence electrons. The Labute approximate surface area is 146 Å². The van der Waals surface area contributed by atoms with Crippen LogP contribution in [0.2, 0.25) is 0 Å². The summed E-state index contributed by atoms with van der Waals surface area (Å²) in [7, 11) is 0. The highest BCUT2D eigenvalue weighted by molar-refractivity contribution is 5.74. The van der Waals surface area contributed by atoms with Crippen molar-refractivity contribution in [3.05, 3.63) is 36.5 Å². The van der Waals surface area contributed by atoms with Gasteiger partial charge in [0.05, 0.1) is 0 Å². The molecule has 0 amide bonds. The minimum atomic E-state index is -2.58. The van der Waals surface area contributed by atoms with Gasteiger partial charge in [-0.2, -0.15) is 0 Å². The first-order chi connectivity index (χ1) is 11.5. The molecule has 0 radical (unpaired) electrons. The Balaban J connectivity index is 3.47. The van der Waals surface area contributed by atoms with Gasteiger partial charge in [-0.1, -0.05) is 62.6 Å². The van der Waals surface area contributed by atoms with Crippen molar-refractivity contribution < 1.29 is 20.1 Å². The molecule has 0 aliphatic heterocycles. The Morgan fingerprint density at radius 2 is 1.29 bits per heavy atom. The molecule has 0 unspecified atom stereocenters. The minimum Gasteiger partial charge on any atom is -0.477 e. The van der Waals surface area contributed by atoms with Gasteiger partial charge in [-0.15, -0.1) is 0 Å². The van der Waals surface area contributed by atoms with E-state index >= 15 is 0 Å². The number of hydrogen-bond donors (Lipinski definition) is 3. The standard InChI is InChI=1S/C20H34O4/c1-2-3-4-5-6-7-8-9-10-11-12-13-14-15-16-17-18-20(23,24)19(21)22/h6-7,9-10,12-13,23-24H,2-5,8,11,14-18H2,1H3,(H,21,22). The number of hydrogen-bond acceptors (Lipinski definition) is 3. The third kappa shape index (κ3) is 14.2. The van der Waals surface area contributed by atoms with Crippen LogP contribution in [0.4, 0.5) is 0 Å². The highest BCUT2D eigenvalue weighted by atomic mass is 16.5. The van der Waals surface area contributed by atoms with Crippen molar-refractivity contribution in [1.29, 1.82) is 0 Å². The van der Waals surface area contributed by atoms with E-state index in [0.717, 1.165) is 32.1 Å². The zero-order valence-corrected chi connectivity index (χ0v) is 15.0. The van der Waals surface area contributed by atoms with E-state index in [1.54, 1.807) is 0 Å². The van der Waals surface area contributed by atoms with E-state index in [9.17, 15) is 4.79 Å². The van der Waals surface area contributed by atoms with Crippen molar-refractivity contribution in [2.24, 2.45) is 0 Å². The van der Waals surface area contributed by atoms with E-state index in [1.807, 2.05) is 0 Å². The largest absolute Gasteiger partial charge is 0.477 e. The topological polar surface area (TPSA) is 77.8 Å². The number of carboxylic acids is 1. The van der Waals surface area contributed by atoms with E-state index in [4.69, 9.17) is 15.3 Å². The zero-order chi connectivity index (χ0) is 18.1. The van der Waals surface area contributed by atoms with E-state index in [0.29, 0.717) is 6.42 Å². The predicted molar refractivity (Wildman–Crippen MR) is 98.7 cm³/mol. The summed E-state index contributed by atoms with van der Waals surface area (Å²) in [6, 6.07) is 0. The number of rotatable bonds is 15. The first-order valence-corrected chi connectivity index (χ1v) is 9.14. The molecule has 4 heteroatoms. The van der Waals surface area contributed by atoms with Crippen molar-refractivity contribution in [2.45, 2.75) is 83.3 Å². The third-order valence-corrected chi connectivity index (χ3v) is 3.76. The summed E-state index contributed by atoms with van der Waals surface area (Å²) in [5.41, 5.74) is 0. The molecule has 0 aliphatic rings. The van der Waals surface area contributed by atoms with Crippen LogP contribution in [-0.4, -0.2) is 27.1 Å². The molecule has 0 atom stereocenters. The van der Waals surface area contributed by atoms with Crippen LogP contribution >= 0.6 is 0 Å². The van der Waals surface area contributed by atoms with Crippen LogP contribution in [0.15, 0.2) is 36.5 Å². The highest BCUT2D eigenvalue weighted by Crippen LogP contribution is 2.13. The average Bonchev–Trinajstić information content (AvgIpc) is 2.54. The van der Waals surface area contributed by atoms with Crippen LogP contribution in [0.5, 0.6) is 0 Å². The quantitative estimate of drug-likeness (QED) is 0.229. The van der Waals surface area contributed by atoms with Gasteiger partial charge < -0.3 is 15.3 Å². The van der Waals surface area contributed by atoms with Crippen molar-refractivity contribution >= 4 is 5.97 Å². The molecule has 0 saturated heterocycles. The number of carbonyl (C=O) groups is 1. The van der Waals surface area contributed by atoms with Gasteiger partial charge in [0.1, 0.15) is 0 Å². The van der Waals surface area contributed by atoms with Gasteiger partial charge in [-0.05, 0) is 44.9 Å². The van der Waals surface area contributed by atoms with Crippen LogP contribution in [0.25, 0.3) is 0 Å². The summed E-state index contributed by atoms with van der Waals surface area (Å²) in [5, 5.41) is 26.8. The number of allylic oxidation sites excluding steroid dienone is 6. The Hall–Kier alpha value is -1.39. The molecule has 24 heavy (non-hydrogen) atoms. The minimum absolute atomic E-state index is 0.124. The van der Waals surface area contributed by atoms with Gasteiger partial charge in [0.2, 0.25) is 0 Å². The highest BCUT2D eigenvalue weighted by Gasteiger charge is 2.31. The van der Waals surface area contributed by atoms with Gasteiger partial charge in [0.15, 0.2) is 0 Å². The summed E-state index contributed by atoms with van der Waals surface area (Å²) in [4.78, 5) is 10.5. The molecule has 0 aliphatic carbocycles. The summed E-state index contributed by atoms with van der Waals surface area (Å²) >= 11 is 0. The van der Waals surface area contributed by atoms with Gasteiger partial charge in [0.25, 0.3) is 5.79 Å². The van der Waals surface area contributed by atoms with Crippen molar-refractivity contribution in [3.63, 3.8) is 0 Å². The molecular formula is C20H34O4. The number of carboxylic acid groups (broad SMARTS) is 1. The van der Waals surface area contributed by atoms with Gasteiger partial charge in [0, 0.05) is 6.42 Å². The summed E-state index contributed by atoms with van der Waals surface area (Å²) in [6.45, 7) is 2.22. The van der Waals surface area contributed by atoms with Crippen molar-refractivity contribution in [2.75, 3.05) is 0 Å². The molecule has 0 saturated carbocycles. The van der Waals surface area contributed by atoms with Crippen LogP contribution in [0, 0.1) is 0 Å². The Kier molecular flexibility index (Phi) is 14.3. The van der Waals surface area contributed by atoms with Gasteiger partial charge >= 0.3 is 5.97 Å². The van der Waals surface area contributed by atoms with Gasteiger partial charge in [-0.3, -0.25) is 0 Å². The van der Waals surface area contributed by atoms with Crippen LogP contribution in [0.3, 0.4) is 0 Å². The maximum Gasteiger partial charge on any atom is 0.364 e. The Morgan fingerprint density at radius 3 is 1.79 bits per heavy atom. The normalized spacial score (nSPS) is 12.8. The molecule has 0 aromatic rings. The molecule has 0 aromatic carbocycles. The van der Waals surface area contributed by atoms with Crippen molar-refractivity contribution in [3.8, 4) is 0 Å². The molecular weight excluding hydrogens is 304 g/mol. The molecule has 0 spiro atoms. The summed E-state index contributed by atoms with van der Waals surface area (Å²) in [5.74, 6) is -4.16.